The number of hydrogen-bond donors (Lipinski definition) is 3. The molecule has 1 aromatic rings. The van der Waals surface area contributed by atoms with Crippen molar-refractivity contribution >= 4 is 13.2 Å². The molecule has 0 radical (unpaired) electrons. The van der Waals surface area contributed by atoms with Gasteiger partial charge in [0.05, 0.1) is 5.56 Å². The van der Waals surface area contributed by atoms with Crippen molar-refractivity contribution in [1.29, 1.82) is 0 Å². The molecule has 0 aromatic heterocycles. The molecule has 0 spiro atoms. The molecule has 0 fully saturated rings. The number of benzene rings is 1. The van der Waals surface area contributed by atoms with Gasteiger partial charge < -0.3 is 20.0 Å². The number of phenols is 2. The third-order valence-corrected chi connectivity index (χ3v) is 2.72. The standard InChI is InChI=1S/C14H11BF2O4/c16-15(17)21-14-10(6-8-12(19)13(14)20)11(18)7-5-9-3-1-2-4-9/h1-8,18-20H. The predicted molar refractivity (Wildman–Crippen MR) is 75.3 cm³/mol. The van der Waals surface area contributed by atoms with Crippen LogP contribution in [-0.2, 0) is 0 Å². The van der Waals surface area contributed by atoms with E-state index in [-0.39, 0.29) is 11.3 Å². The normalized spacial score (nSPS) is 13.6. The molecule has 0 amide bonds. The van der Waals surface area contributed by atoms with Crippen molar-refractivity contribution in [3.05, 3.63) is 59.7 Å². The van der Waals surface area contributed by atoms with Crippen LogP contribution in [0.4, 0.5) is 8.63 Å². The van der Waals surface area contributed by atoms with Crippen LogP contribution in [0.15, 0.2) is 54.2 Å². The largest absolute Gasteiger partial charge is 0.796 e. The quantitative estimate of drug-likeness (QED) is 0.452. The Morgan fingerprint density at radius 3 is 2.43 bits per heavy atom. The van der Waals surface area contributed by atoms with Gasteiger partial charge in [0.2, 0.25) is 0 Å². The summed E-state index contributed by atoms with van der Waals surface area (Å²) in [6.45, 7) is 0. The van der Waals surface area contributed by atoms with Gasteiger partial charge in [-0.1, -0.05) is 30.4 Å². The Hall–Kier alpha value is -2.70. The summed E-state index contributed by atoms with van der Waals surface area (Å²) < 4.78 is 28.9. The van der Waals surface area contributed by atoms with Gasteiger partial charge >= 0.3 is 7.47 Å². The third-order valence-electron chi connectivity index (χ3n) is 2.72. The van der Waals surface area contributed by atoms with Crippen LogP contribution >= 0.6 is 0 Å². The predicted octanol–water partition coefficient (Wildman–Crippen LogP) is 3.35. The number of aliphatic hydroxyl groups excluding tert-OH is 1. The maximum atomic E-state index is 12.4. The SMILES string of the molecule is OC(=CC=C1C=CC=C1)c1ccc(O)c(O)c1OB(F)F. The lowest BCUT2D eigenvalue weighted by molar-refractivity contribution is 0.363. The van der Waals surface area contributed by atoms with Gasteiger partial charge in [-0.25, -0.2) is 8.63 Å². The van der Waals surface area contributed by atoms with E-state index < -0.39 is 24.7 Å². The lowest BCUT2D eigenvalue weighted by atomic mass is 10.1. The fraction of sp³-hybridized carbons (Fsp3) is 0. The van der Waals surface area contributed by atoms with Gasteiger partial charge in [0.25, 0.3) is 0 Å². The van der Waals surface area contributed by atoms with Crippen LogP contribution in [0.25, 0.3) is 5.76 Å². The highest BCUT2D eigenvalue weighted by Gasteiger charge is 2.25. The number of aromatic hydroxyl groups is 2. The fourth-order valence-corrected chi connectivity index (χ4v) is 1.74. The van der Waals surface area contributed by atoms with Gasteiger partial charge in [-0.15, -0.1) is 0 Å². The van der Waals surface area contributed by atoms with Crippen molar-refractivity contribution < 1.29 is 28.6 Å². The van der Waals surface area contributed by atoms with E-state index >= 15 is 0 Å². The first-order valence-corrected chi connectivity index (χ1v) is 5.95. The van der Waals surface area contributed by atoms with Crippen LogP contribution in [0.1, 0.15) is 5.56 Å². The number of hydrogen-bond acceptors (Lipinski definition) is 4. The molecule has 4 nitrogen and oxygen atoms in total. The Labute approximate surface area is 119 Å². The number of rotatable bonds is 4. The monoisotopic (exact) mass is 292 g/mol. The van der Waals surface area contributed by atoms with Crippen molar-refractivity contribution in [3.63, 3.8) is 0 Å². The molecule has 0 saturated heterocycles. The van der Waals surface area contributed by atoms with Gasteiger partial charge in [0, 0.05) is 0 Å². The Bertz CT molecular complexity index is 649. The first-order chi connectivity index (χ1) is 9.99. The zero-order valence-electron chi connectivity index (χ0n) is 10.7. The summed E-state index contributed by atoms with van der Waals surface area (Å²) in [5.74, 6) is -2.56. The van der Waals surface area contributed by atoms with Gasteiger partial charge in [-0.2, -0.15) is 0 Å². The van der Waals surface area contributed by atoms with Gasteiger partial charge in [-0.3, -0.25) is 0 Å². The molecule has 108 valence electrons. The Morgan fingerprint density at radius 1 is 1.14 bits per heavy atom. The number of halogens is 2. The summed E-state index contributed by atoms with van der Waals surface area (Å²) in [6, 6.07) is 2.23. The second-order valence-corrected chi connectivity index (χ2v) is 4.13. The first-order valence-electron chi connectivity index (χ1n) is 5.95. The zero-order valence-corrected chi connectivity index (χ0v) is 10.7. The van der Waals surface area contributed by atoms with E-state index in [0.29, 0.717) is 0 Å². The lowest BCUT2D eigenvalue weighted by Gasteiger charge is -2.12. The summed E-state index contributed by atoms with van der Waals surface area (Å²) in [6.07, 6.45) is 10.0. The minimum atomic E-state index is -3.21. The van der Waals surface area contributed by atoms with Crippen LogP contribution in [0.5, 0.6) is 17.2 Å². The van der Waals surface area contributed by atoms with E-state index in [1.807, 2.05) is 0 Å². The zero-order chi connectivity index (χ0) is 15.4. The van der Waals surface area contributed by atoms with Gasteiger partial charge in [0.15, 0.2) is 17.2 Å². The summed E-state index contributed by atoms with van der Waals surface area (Å²) >= 11 is 0. The minimum absolute atomic E-state index is 0.159. The maximum absolute atomic E-state index is 12.4. The van der Waals surface area contributed by atoms with Crippen molar-refractivity contribution in [2.75, 3.05) is 0 Å². The Kier molecular flexibility index (Phi) is 4.32. The maximum Gasteiger partial charge on any atom is 0.796 e. The highest BCUT2D eigenvalue weighted by molar-refractivity contribution is 6.35. The van der Waals surface area contributed by atoms with E-state index in [1.54, 1.807) is 30.4 Å². The highest BCUT2D eigenvalue weighted by Crippen LogP contribution is 2.41. The number of phenolic OH excluding ortho intramolecular Hbond substituents is 2. The molecule has 0 heterocycles. The second-order valence-electron chi connectivity index (χ2n) is 4.13. The number of allylic oxidation sites excluding steroid dienone is 7. The van der Waals surface area contributed by atoms with Crippen LogP contribution in [0, 0.1) is 0 Å². The molecule has 0 bridgehead atoms. The molecule has 0 saturated carbocycles. The van der Waals surface area contributed by atoms with E-state index in [4.69, 9.17) is 0 Å². The third kappa shape index (κ3) is 3.44. The molecular weight excluding hydrogens is 281 g/mol. The smallest absolute Gasteiger partial charge is 0.507 e. The topological polar surface area (TPSA) is 69.9 Å². The molecular formula is C14H11BF2O4. The molecule has 1 aliphatic rings. The van der Waals surface area contributed by atoms with Crippen LogP contribution in [0.3, 0.4) is 0 Å². The molecule has 1 aromatic carbocycles. The molecule has 0 aliphatic heterocycles. The highest BCUT2D eigenvalue weighted by atomic mass is 19.2. The molecule has 7 heteroatoms. The minimum Gasteiger partial charge on any atom is -0.507 e. The summed E-state index contributed by atoms with van der Waals surface area (Å²) in [5, 5.41) is 28.8. The molecule has 0 unspecified atom stereocenters. The van der Waals surface area contributed by atoms with Crippen LogP contribution in [-0.4, -0.2) is 22.8 Å². The molecule has 3 N–H and O–H groups in total. The van der Waals surface area contributed by atoms with E-state index in [0.717, 1.165) is 17.7 Å². The van der Waals surface area contributed by atoms with Crippen molar-refractivity contribution in [3.8, 4) is 17.2 Å². The molecule has 1 aliphatic carbocycles. The number of aliphatic hydroxyl groups is 1. The van der Waals surface area contributed by atoms with E-state index in [2.05, 4.69) is 4.65 Å². The molecule has 0 atom stereocenters. The average molecular weight is 292 g/mol. The van der Waals surface area contributed by atoms with E-state index in [1.165, 1.54) is 6.08 Å². The van der Waals surface area contributed by atoms with Crippen LogP contribution < -0.4 is 4.65 Å². The first kappa shape index (κ1) is 14.7. The van der Waals surface area contributed by atoms with Crippen molar-refractivity contribution in [2.24, 2.45) is 0 Å². The van der Waals surface area contributed by atoms with Gasteiger partial charge in [0.1, 0.15) is 5.76 Å². The Morgan fingerprint density at radius 2 is 1.81 bits per heavy atom. The summed E-state index contributed by atoms with van der Waals surface area (Å²) in [5.41, 5.74) is 0.647. The Balaban J connectivity index is 2.40. The lowest BCUT2D eigenvalue weighted by Crippen LogP contribution is -2.10. The van der Waals surface area contributed by atoms with Crippen molar-refractivity contribution in [2.45, 2.75) is 0 Å². The second kappa shape index (κ2) is 6.17. The molecule has 21 heavy (non-hydrogen) atoms. The van der Waals surface area contributed by atoms with Crippen molar-refractivity contribution in [1.82, 2.24) is 0 Å². The average Bonchev–Trinajstić information content (AvgIpc) is 2.94. The van der Waals surface area contributed by atoms with Crippen LogP contribution in [0.2, 0.25) is 0 Å². The summed E-state index contributed by atoms with van der Waals surface area (Å²) in [4.78, 5) is 0. The summed E-state index contributed by atoms with van der Waals surface area (Å²) in [7, 11) is -3.21. The van der Waals surface area contributed by atoms with Gasteiger partial charge in [-0.05, 0) is 23.8 Å². The molecule has 2 rings (SSSR count). The van der Waals surface area contributed by atoms with E-state index in [9.17, 15) is 24.0 Å². The fourth-order valence-electron chi connectivity index (χ4n) is 1.74.